The minimum Gasteiger partial charge on any atom is -0.388 e. The van der Waals surface area contributed by atoms with E-state index in [1.165, 1.54) is 0 Å². The third-order valence-corrected chi connectivity index (χ3v) is 3.35. The Hall–Kier alpha value is -1.26. The summed E-state index contributed by atoms with van der Waals surface area (Å²) in [5.41, 5.74) is 1.60. The predicted molar refractivity (Wildman–Crippen MR) is 73.9 cm³/mol. The molecular formula is C15H13BrF2O. The summed E-state index contributed by atoms with van der Waals surface area (Å²) >= 11 is 3.01. The highest BCUT2D eigenvalue weighted by Gasteiger charge is 2.19. The fourth-order valence-electron chi connectivity index (χ4n) is 2.04. The largest absolute Gasteiger partial charge is 0.388 e. The van der Waals surface area contributed by atoms with Gasteiger partial charge in [-0.1, -0.05) is 45.8 Å². The van der Waals surface area contributed by atoms with E-state index in [0.717, 1.165) is 23.3 Å². The van der Waals surface area contributed by atoms with Crippen LogP contribution in [-0.2, 0) is 6.42 Å². The topological polar surface area (TPSA) is 20.2 Å². The van der Waals surface area contributed by atoms with Gasteiger partial charge in [-0.15, -0.1) is 0 Å². The lowest BCUT2D eigenvalue weighted by atomic mass is 9.99. The third kappa shape index (κ3) is 3.39. The maximum Gasteiger partial charge on any atom is 0.133 e. The van der Waals surface area contributed by atoms with Gasteiger partial charge in [-0.25, -0.2) is 8.78 Å². The molecule has 19 heavy (non-hydrogen) atoms. The number of rotatable bonds is 3. The van der Waals surface area contributed by atoms with Gasteiger partial charge in [0.2, 0.25) is 0 Å². The second kappa shape index (κ2) is 5.80. The second-order valence-electron chi connectivity index (χ2n) is 4.49. The van der Waals surface area contributed by atoms with E-state index >= 15 is 0 Å². The summed E-state index contributed by atoms with van der Waals surface area (Å²) in [5.74, 6) is -1.49. The molecule has 1 nitrogen and oxygen atoms in total. The third-order valence-electron chi connectivity index (χ3n) is 2.89. The molecule has 1 N–H and O–H groups in total. The number of aryl methyl sites for hydroxylation is 1. The molecule has 2 aromatic rings. The van der Waals surface area contributed by atoms with Gasteiger partial charge in [-0.05, 0) is 24.6 Å². The lowest BCUT2D eigenvalue weighted by Crippen LogP contribution is -2.07. The summed E-state index contributed by atoms with van der Waals surface area (Å²) in [7, 11) is 0. The molecular weight excluding hydrogens is 314 g/mol. The molecule has 0 saturated carbocycles. The zero-order chi connectivity index (χ0) is 14.0. The number of aliphatic hydroxyl groups excluding tert-OH is 1. The molecule has 1 unspecified atom stereocenters. The van der Waals surface area contributed by atoms with E-state index in [1.807, 2.05) is 31.2 Å². The monoisotopic (exact) mass is 326 g/mol. The van der Waals surface area contributed by atoms with Crippen LogP contribution in [-0.4, -0.2) is 5.11 Å². The Labute approximate surface area is 119 Å². The molecule has 0 aliphatic carbocycles. The summed E-state index contributed by atoms with van der Waals surface area (Å²) in [6, 6.07) is 9.79. The summed E-state index contributed by atoms with van der Waals surface area (Å²) in [4.78, 5) is 0. The van der Waals surface area contributed by atoms with E-state index in [1.54, 1.807) is 0 Å². The average molecular weight is 327 g/mol. The van der Waals surface area contributed by atoms with Crippen molar-refractivity contribution in [3.05, 3.63) is 69.2 Å². The molecule has 0 radical (unpaired) electrons. The van der Waals surface area contributed by atoms with Crippen LogP contribution in [0.4, 0.5) is 8.78 Å². The molecule has 0 spiro atoms. The zero-order valence-electron chi connectivity index (χ0n) is 10.3. The molecule has 0 saturated heterocycles. The predicted octanol–water partition coefficient (Wildman–Crippen LogP) is 4.31. The van der Waals surface area contributed by atoms with Crippen LogP contribution >= 0.6 is 15.9 Å². The maximum atomic E-state index is 13.7. The van der Waals surface area contributed by atoms with Crippen LogP contribution in [0.3, 0.4) is 0 Å². The van der Waals surface area contributed by atoms with E-state index in [-0.39, 0.29) is 12.0 Å². The number of hydrogen-bond acceptors (Lipinski definition) is 1. The van der Waals surface area contributed by atoms with Crippen molar-refractivity contribution in [3.8, 4) is 0 Å². The SMILES string of the molecule is Cc1cccc(CC(O)c2c(F)cc(Br)cc2F)c1. The lowest BCUT2D eigenvalue weighted by Gasteiger charge is -2.14. The number of hydrogen-bond donors (Lipinski definition) is 1. The highest BCUT2D eigenvalue weighted by atomic mass is 79.9. The standard InChI is InChI=1S/C15H13BrF2O/c1-9-3-2-4-10(5-9)6-14(19)15-12(17)7-11(16)8-13(15)18/h2-5,7-8,14,19H,6H2,1H3. The molecule has 1 atom stereocenters. The summed E-state index contributed by atoms with van der Waals surface area (Å²) in [6.07, 6.45) is -1.02. The molecule has 0 heterocycles. The van der Waals surface area contributed by atoms with Gasteiger partial charge in [-0.2, -0.15) is 0 Å². The van der Waals surface area contributed by atoms with Crippen molar-refractivity contribution in [2.45, 2.75) is 19.4 Å². The molecule has 0 fully saturated rings. The summed E-state index contributed by atoms with van der Waals surface area (Å²) < 4.78 is 27.7. The number of aliphatic hydroxyl groups is 1. The molecule has 100 valence electrons. The van der Waals surface area contributed by atoms with E-state index in [4.69, 9.17) is 0 Å². The molecule has 4 heteroatoms. The highest BCUT2D eigenvalue weighted by Crippen LogP contribution is 2.27. The van der Waals surface area contributed by atoms with Gasteiger partial charge in [0.25, 0.3) is 0 Å². The molecule has 0 amide bonds. The van der Waals surface area contributed by atoms with Crippen LogP contribution in [0.1, 0.15) is 22.8 Å². The lowest BCUT2D eigenvalue weighted by molar-refractivity contribution is 0.168. The van der Waals surface area contributed by atoms with Gasteiger partial charge in [0.1, 0.15) is 11.6 Å². The Kier molecular flexibility index (Phi) is 4.32. The van der Waals surface area contributed by atoms with Crippen LogP contribution < -0.4 is 0 Å². The van der Waals surface area contributed by atoms with Gasteiger partial charge >= 0.3 is 0 Å². The van der Waals surface area contributed by atoms with Gasteiger partial charge in [0.15, 0.2) is 0 Å². The van der Waals surface area contributed by atoms with Crippen molar-refractivity contribution in [2.24, 2.45) is 0 Å². The Morgan fingerprint density at radius 1 is 1.16 bits per heavy atom. The molecule has 0 aliphatic rings. The number of benzene rings is 2. The Balaban J connectivity index is 2.28. The molecule has 0 aromatic heterocycles. The normalized spacial score (nSPS) is 12.5. The smallest absolute Gasteiger partial charge is 0.133 e. The first-order valence-electron chi connectivity index (χ1n) is 5.85. The highest BCUT2D eigenvalue weighted by molar-refractivity contribution is 9.10. The van der Waals surface area contributed by atoms with E-state index in [9.17, 15) is 13.9 Å². The number of halogens is 3. The van der Waals surface area contributed by atoms with Crippen molar-refractivity contribution in [1.82, 2.24) is 0 Å². The minimum atomic E-state index is -1.20. The second-order valence-corrected chi connectivity index (χ2v) is 5.41. The Morgan fingerprint density at radius 3 is 2.37 bits per heavy atom. The first kappa shape index (κ1) is 14.2. The van der Waals surface area contributed by atoms with Crippen molar-refractivity contribution in [2.75, 3.05) is 0 Å². The molecule has 0 bridgehead atoms. The van der Waals surface area contributed by atoms with E-state index < -0.39 is 17.7 Å². The summed E-state index contributed by atoms with van der Waals surface area (Å²) in [5, 5.41) is 10.0. The van der Waals surface area contributed by atoms with Gasteiger partial charge < -0.3 is 5.11 Å². The molecule has 0 aliphatic heterocycles. The first-order chi connectivity index (χ1) is 8.97. The zero-order valence-corrected chi connectivity index (χ0v) is 11.9. The fraction of sp³-hybridized carbons (Fsp3) is 0.200. The minimum absolute atomic E-state index is 0.178. The van der Waals surface area contributed by atoms with Gasteiger partial charge in [0.05, 0.1) is 11.7 Å². The Bertz CT molecular complexity index is 575. The van der Waals surface area contributed by atoms with Crippen LogP contribution in [0.15, 0.2) is 40.9 Å². The van der Waals surface area contributed by atoms with Gasteiger partial charge in [0, 0.05) is 10.9 Å². The van der Waals surface area contributed by atoms with Crippen LogP contribution in [0.2, 0.25) is 0 Å². The van der Waals surface area contributed by atoms with Crippen LogP contribution in [0, 0.1) is 18.6 Å². The maximum absolute atomic E-state index is 13.7. The molecule has 2 rings (SSSR count). The quantitative estimate of drug-likeness (QED) is 0.891. The van der Waals surface area contributed by atoms with Crippen molar-refractivity contribution in [3.63, 3.8) is 0 Å². The van der Waals surface area contributed by atoms with Gasteiger partial charge in [-0.3, -0.25) is 0 Å². The van der Waals surface area contributed by atoms with Crippen molar-refractivity contribution >= 4 is 15.9 Å². The van der Waals surface area contributed by atoms with Crippen LogP contribution in [0.5, 0.6) is 0 Å². The molecule has 2 aromatic carbocycles. The summed E-state index contributed by atoms with van der Waals surface area (Å²) in [6.45, 7) is 1.93. The Morgan fingerprint density at radius 2 is 1.79 bits per heavy atom. The van der Waals surface area contributed by atoms with Crippen molar-refractivity contribution in [1.29, 1.82) is 0 Å². The fourth-order valence-corrected chi connectivity index (χ4v) is 2.44. The van der Waals surface area contributed by atoms with Crippen LogP contribution in [0.25, 0.3) is 0 Å². The average Bonchev–Trinajstić information content (AvgIpc) is 2.27. The first-order valence-corrected chi connectivity index (χ1v) is 6.64. The van der Waals surface area contributed by atoms with E-state index in [2.05, 4.69) is 15.9 Å². The van der Waals surface area contributed by atoms with E-state index in [0.29, 0.717) is 4.47 Å². The van der Waals surface area contributed by atoms with Crippen molar-refractivity contribution < 1.29 is 13.9 Å².